The number of likely N-dealkylation sites (N-methyl/N-ethyl adjacent to an activating group) is 1. The first-order chi connectivity index (χ1) is 13.8. The Hall–Kier alpha value is -3.16. The van der Waals surface area contributed by atoms with Crippen molar-refractivity contribution in [3.63, 3.8) is 0 Å². The first-order valence-electron chi connectivity index (χ1n) is 9.49. The predicted octanol–water partition coefficient (Wildman–Crippen LogP) is 5.29. The molecule has 0 radical (unpaired) electrons. The van der Waals surface area contributed by atoms with Gasteiger partial charge in [0.15, 0.2) is 0 Å². The summed E-state index contributed by atoms with van der Waals surface area (Å²) in [4.78, 5) is 14.8. The number of hydrogen-bond acceptors (Lipinski definition) is 3. The Morgan fingerprint density at radius 2 is 1.79 bits per heavy atom. The van der Waals surface area contributed by atoms with Gasteiger partial charge in [0, 0.05) is 5.39 Å². The van der Waals surface area contributed by atoms with Gasteiger partial charge in [-0.15, -0.1) is 6.42 Å². The van der Waals surface area contributed by atoms with Crippen LogP contribution in [-0.2, 0) is 4.79 Å². The molecule has 3 aromatic rings. The van der Waals surface area contributed by atoms with Crippen LogP contribution in [0.4, 0.5) is 4.39 Å². The number of carbonyl (C=O) groups is 1. The van der Waals surface area contributed by atoms with Crippen molar-refractivity contribution in [1.29, 1.82) is 0 Å². The van der Waals surface area contributed by atoms with Crippen LogP contribution in [0.15, 0.2) is 54.6 Å². The molecule has 0 aliphatic rings. The standard InChI is InChI=1S/C25H24FNO2/c1-6-20-22(26)13-12-18-14-19(15-21(16(2)3)23(18)20)29-25(28)24(27(4)5)17-10-8-7-9-11-17/h1,7-16,24H,2-5H3. The van der Waals surface area contributed by atoms with Gasteiger partial charge < -0.3 is 4.74 Å². The number of terminal acetylenes is 1. The molecule has 0 fully saturated rings. The zero-order chi connectivity index (χ0) is 21.1. The Morgan fingerprint density at radius 1 is 1.10 bits per heavy atom. The molecule has 0 amide bonds. The predicted molar refractivity (Wildman–Crippen MR) is 114 cm³/mol. The molecule has 29 heavy (non-hydrogen) atoms. The van der Waals surface area contributed by atoms with E-state index >= 15 is 0 Å². The summed E-state index contributed by atoms with van der Waals surface area (Å²) in [5.74, 6) is 2.14. The van der Waals surface area contributed by atoms with Gasteiger partial charge in [-0.1, -0.05) is 56.2 Å². The minimum Gasteiger partial charge on any atom is -0.425 e. The summed E-state index contributed by atoms with van der Waals surface area (Å²) in [5, 5.41) is 1.43. The molecule has 0 heterocycles. The van der Waals surface area contributed by atoms with Crippen molar-refractivity contribution in [2.24, 2.45) is 0 Å². The largest absolute Gasteiger partial charge is 0.425 e. The second-order valence-electron chi connectivity index (χ2n) is 7.53. The number of ether oxygens (including phenoxy) is 1. The lowest BCUT2D eigenvalue weighted by Gasteiger charge is -2.23. The van der Waals surface area contributed by atoms with Gasteiger partial charge in [0.05, 0.1) is 5.56 Å². The number of benzene rings is 3. The van der Waals surface area contributed by atoms with Gasteiger partial charge in [0.1, 0.15) is 17.6 Å². The molecule has 3 aromatic carbocycles. The molecule has 0 bridgehead atoms. The number of fused-ring (bicyclic) bond motifs is 1. The molecule has 0 saturated carbocycles. The Morgan fingerprint density at radius 3 is 2.38 bits per heavy atom. The van der Waals surface area contributed by atoms with E-state index in [1.807, 2.05) is 63.2 Å². The maximum absolute atomic E-state index is 14.2. The van der Waals surface area contributed by atoms with Crippen molar-refractivity contribution in [3.8, 4) is 18.1 Å². The molecular weight excluding hydrogens is 365 g/mol. The van der Waals surface area contributed by atoms with E-state index in [0.29, 0.717) is 11.1 Å². The molecule has 1 atom stereocenters. The van der Waals surface area contributed by atoms with Gasteiger partial charge in [0.2, 0.25) is 0 Å². The number of halogens is 1. The first-order valence-corrected chi connectivity index (χ1v) is 9.49. The second kappa shape index (κ2) is 8.46. The van der Waals surface area contributed by atoms with E-state index in [-0.39, 0.29) is 17.5 Å². The number of esters is 1. The first kappa shape index (κ1) is 20.6. The summed E-state index contributed by atoms with van der Waals surface area (Å²) in [5.41, 5.74) is 1.93. The molecule has 0 N–H and O–H groups in total. The third kappa shape index (κ3) is 4.16. The highest BCUT2D eigenvalue weighted by atomic mass is 19.1. The van der Waals surface area contributed by atoms with Crippen LogP contribution in [-0.4, -0.2) is 25.0 Å². The molecule has 4 heteroatoms. The summed E-state index contributed by atoms with van der Waals surface area (Å²) in [7, 11) is 3.67. The average molecular weight is 389 g/mol. The number of carbonyl (C=O) groups excluding carboxylic acids is 1. The summed E-state index contributed by atoms with van der Waals surface area (Å²) in [6.07, 6.45) is 5.56. The third-order valence-electron chi connectivity index (χ3n) is 4.91. The molecule has 3 nitrogen and oxygen atoms in total. The smallest absolute Gasteiger partial charge is 0.333 e. The van der Waals surface area contributed by atoms with Crippen molar-refractivity contribution in [2.75, 3.05) is 14.1 Å². The van der Waals surface area contributed by atoms with Crippen molar-refractivity contribution in [3.05, 3.63) is 77.1 Å². The Balaban J connectivity index is 2.05. The van der Waals surface area contributed by atoms with Crippen LogP contribution in [0.1, 0.15) is 42.5 Å². The van der Waals surface area contributed by atoms with E-state index in [2.05, 4.69) is 5.92 Å². The zero-order valence-corrected chi connectivity index (χ0v) is 17.1. The van der Waals surface area contributed by atoms with Gasteiger partial charge in [-0.2, -0.15) is 0 Å². The van der Waals surface area contributed by atoms with Crippen molar-refractivity contribution in [2.45, 2.75) is 25.8 Å². The fourth-order valence-electron chi connectivity index (χ4n) is 3.55. The Bertz CT molecular complexity index is 1080. The number of nitrogens with zero attached hydrogens (tertiary/aromatic N) is 1. The van der Waals surface area contributed by atoms with Gasteiger partial charge in [0.25, 0.3) is 0 Å². The van der Waals surface area contributed by atoms with E-state index in [0.717, 1.165) is 16.5 Å². The average Bonchev–Trinajstić information content (AvgIpc) is 2.68. The normalized spacial score (nSPS) is 12.2. The highest BCUT2D eigenvalue weighted by Crippen LogP contribution is 2.34. The lowest BCUT2D eigenvalue weighted by atomic mass is 9.92. The van der Waals surface area contributed by atoms with Gasteiger partial charge in [-0.05, 0) is 54.7 Å². The zero-order valence-electron chi connectivity index (χ0n) is 17.1. The third-order valence-corrected chi connectivity index (χ3v) is 4.91. The van der Waals surface area contributed by atoms with E-state index in [1.165, 1.54) is 6.07 Å². The molecule has 148 valence electrons. The Labute approximate surface area is 171 Å². The van der Waals surface area contributed by atoms with Crippen molar-refractivity contribution >= 4 is 16.7 Å². The van der Waals surface area contributed by atoms with Crippen LogP contribution in [0.5, 0.6) is 5.75 Å². The van der Waals surface area contributed by atoms with Crippen LogP contribution in [0.3, 0.4) is 0 Å². The number of rotatable bonds is 5. The fourth-order valence-corrected chi connectivity index (χ4v) is 3.55. The summed E-state index contributed by atoms with van der Waals surface area (Å²) in [6.45, 7) is 4.00. The molecule has 1 unspecified atom stereocenters. The van der Waals surface area contributed by atoms with Gasteiger partial charge in [-0.25, -0.2) is 9.18 Å². The van der Waals surface area contributed by atoms with Gasteiger partial charge >= 0.3 is 5.97 Å². The van der Waals surface area contributed by atoms with Gasteiger partial charge in [-0.3, -0.25) is 4.90 Å². The summed E-state index contributed by atoms with van der Waals surface area (Å²) in [6, 6.07) is 15.5. The summed E-state index contributed by atoms with van der Waals surface area (Å²) < 4.78 is 20.0. The van der Waals surface area contributed by atoms with Crippen molar-refractivity contribution < 1.29 is 13.9 Å². The van der Waals surface area contributed by atoms with Crippen LogP contribution in [0.25, 0.3) is 10.8 Å². The molecule has 0 aliphatic carbocycles. The minimum atomic E-state index is -0.538. The van der Waals surface area contributed by atoms with E-state index in [9.17, 15) is 9.18 Å². The molecule has 3 rings (SSSR count). The number of hydrogen-bond donors (Lipinski definition) is 0. The van der Waals surface area contributed by atoms with E-state index in [4.69, 9.17) is 11.2 Å². The minimum absolute atomic E-state index is 0.0730. The lowest BCUT2D eigenvalue weighted by molar-refractivity contribution is -0.139. The van der Waals surface area contributed by atoms with E-state index in [1.54, 1.807) is 18.2 Å². The molecular formula is C25H24FNO2. The molecule has 0 saturated heterocycles. The monoisotopic (exact) mass is 389 g/mol. The maximum atomic E-state index is 14.2. The molecule has 0 aliphatic heterocycles. The van der Waals surface area contributed by atoms with Crippen molar-refractivity contribution in [1.82, 2.24) is 4.90 Å². The van der Waals surface area contributed by atoms with E-state index < -0.39 is 11.9 Å². The Kier molecular flexibility index (Phi) is 6.00. The molecule has 0 spiro atoms. The quantitative estimate of drug-likeness (QED) is 0.337. The second-order valence-corrected chi connectivity index (χ2v) is 7.53. The molecule has 0 aromatic heterocycles. The van der Waals surface area contributed by atoms with Crippen LogP contribution < -0.4 is 4.74 Å². The summed E-state index contributed by atoms with van der Waals surface area (Å²) >= 11 is 0. The SMILES string of the molecule is C#Cc1c(F)ccc2cc(OC(=O)C(c3ccccc3)N(C)C)cc(C(C)C)c12. The fraction of sp³-hybridized carbons (Fsp3) is 0.240. The lowest BCUT2D eigenvalue weighted by Crippen LogP contribution is -2.31. The highest BCUT2D eigenvalue weighted by Gasteiger charge is 2.25. The van der Waals surface area contributed by atoms with Crippen LogP contribution in [0, 0.1) is 18.2 Å². The van der Waals surface area contributed by atoms with Crippen LogP contribution >= 0.6 is 0 Å². The topological polar surface area (TPSA) is 29.5 Å². The highest BCUT2D eigenvalue weighted by molar-refractivity contribution is 5.93. The maximum Gasteiger partial charge on any atom is 0.333 e. The van der Waals surface area contributed by atoms with Crippen LogP contribution in [0.2, 0.25) is 0 Å².